The maximum atomic E-state index is 5.92. The Kier molecular flexibility index (Phi) is 3.50. The molecule has 1 heterocycles. The number of aromatic amines is 1. The lowest BCUT2D eigenvalue weighted by atomic mass is 10.2. The summed E-state index contributed by atoms with van der Waals surface area (Å²) in [5.41, 5.74) is 7.95. The van der Waals surface area contributed by atoms with Crippen LogP contribution in [0.4, 0.5) is 5.69 Å². The SMILES string of the molecule is COc1ccccc1-c1nc(-c2ccc(Cl)c(N)c2)n[nH]1. The van der Waals surface area contributed by atoms with Crippen LogP contribution in [-0.2, 0) is 0 Å². The molecule has 0 atom stereocenters. The Morgan fingerprint density at radius 3 is 2.76 bits per heavy atom. The summed E-state index contributed by atoms with van der Waals surface area (Å²) in [6.45, 7) is 0. The van der Waals surface area contributed by atoms with Crippen LogP contribution in [0.5, 0.6) is 5.75 Å². The quantitative estimate of drug-likeness (QED) is 0.727. The second-order valence-corrected chi connectivity index (χ2v) is 4.85. The number of methoxy groups -OCH3 is 1. The summed E-state index contributed by atoms with van der Waals surface area (Å²) in [5, 5.41) is 7.65. The van der Waals surface area contributed by atoms with Gasteiger partial charge in [-0.3, -0.25) is 5.10 Å². The van der Waals surface area contributed by atoms with E-state index < -0.39 is 0 Å². The number of ether oxygens (including phenoxy) is 1. The topological polar surface area (TPSA) is 76.8 Å². The maximum absolute atomic E-state index is 5.92. The maximum Gasteiger partial charge on any atom is 0.181 e. The number of rotatable bonds is 3. The van der Waals surface area contributed by atoms with Gasteiger partial charge in [0.25, 0.3) is 0 Å². The van der Waals surface area contributed by atoms with Crippen LogP contribution in [0, 0.1) is 0 Å². The van der Waals surface area contributed by atoms with E-state index in [4.69, 9.17) is 22.1 Å². The van der Waals surface area contributed by atoms with Crippen molar-refractivity contribution >= 4 is 17.3 Å². The molecule has 21 heavy (non-hydrogen) atoms. The van der Waals surface area contributed by atoms with Crippen molar-refractivity contribution in [2.24, 2.45) is 0 Å². The number of benzene rings is 2. The van der Waals surface area contributed by atoms with Crippen molar-refractivity contribution in [1.82, 2.24) is 15.2 Å². The number of H-pyrrole nitrogens is 1. The zero-order valence-corrected chi connectivity index (χ0v) is 12.1. The summed E-state index contributed by atoms with van der Waals surface area (Å²) in [4.78, 5) is 4.48. The van der Waals surface area contributed by atoms with Crippen molar-refractivity contribution in [2.45, 2.75) is 0 Å². The molecule has 0 amide bonds. The molecule has 0 unspecified atom stereocenters. The normalized spacial score (nSPS) is 10.6. The van der Waals surface area contributed by atoms with Gasteiger partial charge >= 0.3 is 0 Å². The first-order chi connectivity index (χ1) is 10.2. The predicted octanol–water partition coefficient (Wildman–Crippen LogP) is 3.38. The van der Waals surface area contributed by atoms with Crippen molar-refractivity contribution in [3.05, 3.63) is 47.5 Å². The van der Waals surface area contributed by atoms with Gasteiger partial charge in [0.15, 0.2) is 11.6 Å². The van der Waals surface area contributed by atoms with Crippen LogP contribution in [-0.4, -0.2) is 22.3 Å². The first-order valence-electron chi connectivity index (χ1n) is 6.30. The molecule has 0 saturated heterocycles. The minimum absolute atomic E-state index is 0.498. The zero-order chi connectivity index (χ0) is 14.8. The number of nitrogens with zero attached hydrogens (tertiary/aromatic N) is 2. The molecule has 0 bridgehead atoms. The Morgan fingerprint density at radius 1 is 1.19 bits per heavy atom. The van der Waals surface area contributed by atoms with Crippen LogP contribution in [0.25, 0.3) is 22.8 Å². The van der Waals surface area contributed by atoms with E-state index in [0.29, 0.717) is 22.4 Å². The van der Waals surface area contributed by atoms with Gasteiger partial charge in [0, 0.05) is 5.56 Å². The molecule has 0 spiro atoms. The Morgan fingerprint density at radius 2 is 2.00 bits per heavy atom. The number of anilines is 1. The van der Waals surface area contributed by atoms with E-state index in [0.717, 1.165) is 16.9 Å². The highest BCUT2D eigenvalue weighted by atomic mass is 35.5. The molecule has 3 N–H and O–H groups in total. The van der Waals surface area contributed by atoms with Crippen LogP contribution in [0.15, 0.2) is 42.5 Å². The van der Waals surface area contributed by atoms with E-state index in [1.165, 1.54) is 0 Å². The second kappa shape index (κ2) is 5.46. The first-order valence-corrected chi connectivity index (χ1v) is 6.68. The molecule has 0 fully saturated rings. The lowest BCUT2D eigenvalue weighted by Gasteiger charge is -2.04. The van der Waals surface area contributed by atoms with E-state index >= 15 is 0 Å². The summed E-state index contributed by atoms with van der Waals surface area (Å²) in [6, 6.07) is 12.9. The summed E-state index contributed by atoms with van der Waals surface area (Å²) >= 11 is 5.92. The van der Waals surface area contributed by atoms with Crippen LogP contribution in [0.3, 0.4) is 0 Å². The van der Waals surface area contributed by atoms with Gasteiger partial charge in [-0.25, -0.2) is 4.98 Å². The Hall–Kier alpha value is -2.53. The van der Waals surface area contributed by atoms with Gasteiger partial charge in [-0.15, -0.1) is 0 Å². The molecule has 0 radical (unpaired) electrons. The summed E-state index contributed by atoms with van der Waals surface area (Å²) in [7, 11) is 1.62. The molecular formula is C15H13ClN4O. The Bertz CT molecular complexity index is 785. The standard InChI is InChI=1S/C15H13ClN4O/c1-21-13-5-3-2-4-10(13)15-18-14(19-20-15)9-6-7-11(16)12(17)8-9/h2-8H,17H2,1H3,(H,18,19,20). The zero-order valence-electron chi connectivity index (χ0n) is 11.3. The molecule has 2 aromatic carbocycles. The number of nitrogens with one attached hydrogen (secondary N) is 1. The fourth-order valence-electron chi connectivity index (χ4n) is 2.03. The predicted molar refractivity (Wildman–Crippen MR) is 83.2 cm³/mol. The number of aromatic nitrogens is 3. The second-order valence-electron chi connectivity index (χ2n) is 4.44. The van der Waals surface area contributed by atoms with Gasteiger partial charge in [-0.2, -0.15) is 5.10 Å². The largest absolute Gasteiger partial charge is 0.496 e. The average molecular weight is 301 g/mol. The van der Waals surface area contributed by atoms with Crippen LogP contribution >= 0.6 is 11.6 Å². The van der Waals surface area contributed by atoms with E-state index in [-0.39, 0.29) is 0 Å². The molecule has 3 rings (SSSR count). The monoisotopic (exact) mass is 300 g/mol. The number of nitrogens with two attached hydrogens (primary N) is 1. The molecule has 3 aromatic rings. The molecule has 0 aliphatic rings. The molecule has 5 nitrogen and oxygen atoms in total. The number of hydrogen-bond donors (Lipinski definition) is 2. The van der Waals surface area contributed by atoms with Gasteiger partial charge in [0.05, 0.1) is 23.4 Å². The van der Waals surface area contributed by atoms with Crippen molar-refractivity contribution in [3.63, 3.8) is 0 Å². The minimum Gasteiger partial charge on any atom is -0.496 e. The van der Waals surface area contributed by atoms with Crippen LogP contribution in [0.2, 0.25) is 5.02 Å². The number of hydrogen-bond acceptors (Lipinski definition) is 4. The highest BCUT2D eigenvalue weighted by Gasteiger charge is 2.12. The first kappa shape index (κ1) is 13.5. The fraction of sp³-hybridized carbons (Fsp3) is 0.0667. The molecule has 0 aliphatic carbocycles. The number of nitrogen functional groups attached to an aromatic ring is 1. The third-order valence-electron chi connectivity index (χ3n) is 3.10. The Balaban J connectivity index is 2.01. The van der Waals surface area contributed by atoms with Crippen LogP contribution in [0.1, 0.15) is 0 Å². The van der Waals surface area contributed by atoms with Gasteiger partial charge in [0.2, 0.25) is 0 Å². The lowest BCUT2D eigenvalue weighted by molar-refractivity contribution is 0.416. The molecule has 106 valence electrons. The van der Waals surface area contributed by atoms with E-state index in [1.807, 2.05) is 30.3 Å². The molecule has 0 aliphatic heterocycles. The van der Waals surface area contributed by atoms with Crippen molar-refractivity contribution in [1.29, 1.82) is 0 Å². The summed E-state index contributed by atoms with van der Waals surface area (Å²) < 4.78 is 5.32. The number of halogens is 1. The highest BCUT2D eigenvalue weighted by molar-refractivity contribution is 6.33. The van der Waals surface area contributed by atoms with E-state index in [2.05, 4.69) is 15.2 Å². The number of para-hydroxylation sites is 1. The summed E-state index contributed by atoms with van der Waals surface area (Å²) in [5.74, 6) is 1.92. The summed E-state index contributed by atoms with van der Waals surface area (Å²) in [6.07, 6.45) is 0. The highest BCUT2D eigenvalue weighted by Crippen LogP contribution is 2.29. The fourth-order valence-corrected chi connectivity index (χ4v) is 2.15. The lowest BCUT2D eigenvalue weighted by Crippen LogP contribution is -1.89. The van der Waals surface area contributed by atoms with E-state index in [1.54, 1.807) is 19.2 Å². The van der Waals surface area contributed by atoms with Gasteiger partial charge in [-0.05, 0) is 30.3 Å². The van der Waals surface area contributed by atoms with Crippen molar-refractivity contribution < 1.29 is 4.74 Å². The van der Waals surface area contributed by atoms with Crippen molar-refractivity contribution in [3.8, 4) is 28.5 Å². The smallest absolute Gasteiger partial charge is 0.181 e. The molecule has 0 saturated carbocycles. The van der Waals surface area contributed by atoms with Gasteiger partial charge in [-0.1, -0.05) is 23.7 Å². The molecule has 1 aromatic heterocycles. The van der Waals surface area contributed by atoms with Gasteiger partial charge < -0.3 is 10.5 Å². The minimum atomic E-state index is 0.498. The van der Waals surface area contributed by atoms with Gasteiger partial charge in [0.1, 0.15) is 5.75 Å². The molecule has 6 heteroatoms. The third kappa shape index (κ3) is 2.55. The van der Waals surface area contributed by atoms with Crippen LogP contribution < -0.4 is 10.5 Å². The average Bonchev–Trinajstić information content (AvgIpc) is 2.99. The molecular weight excluding hydrogens is 288 g/mol. The van der Waals surface area contributed by atoms with Crippen molar-refractivity contribution in [2.75, 3.05) is 12.8 Å². The third-order valence-corrected chi connectivity index (χ3v) is 3.45. The van der Waals surface area contributed by atoms with E-state index in [9.17, 15) is 0 Å². The Labute approximate surface area is 126 Å².